The molecule has 0 aliphatic carbocycles. The Balaban J connectivity index is 1.74. The zero-order chi connectivity index (χ0) is 12.4. The molecule has 1 saturated heterocycles. The van der Waals surface area contributed by atoms with Crippen LogP contribution in [0.4, 0.5) is 0 Å². The summed E-state index contributed by atoms with van der Waals surface area (Å²) in [7, 11) is 0. The van der Waals surface area contributed by atoms with Crippen molar-refractivity contribution in [2.75, 3.05) is 6.54 Å². The molecule has 1 aliphatic heterocycles. The van der Waals surface area contributed by atoms with E-state index in [0.717, 1.165) is 23.9 Å². The molecule has 0 spiro atoms. The second-order valence-electron chi connectivity index (χ2n) is 4.92. The van der Waals surface area contributed by atoms with Crippen molar-refractivity contribution in [3.05, 3.63) is 36.1 Å². The van der Waals surface area contributed by atoms with Crippen LogP contribution in [0.3, 0.4) is 0 Å². The van der Waals surface area contributed by atoms with E-state index in [2.05, 4.69) is 5.32 Å². The van der Waals surface area contributed by atoms with Crippen LogP contribution in [0.1, 0.15) is 36.2 Å². The van der Waals surface area contributed by atoms with Gasteiger partial charge < -0.3 is 9.73 Å². The number of carbonyl (C=O) groups excluding carboxylic acids is 1. The number of nitrogens with one attached hydrogen (secondary N) is 1. The van der Waals surface area contributed by atoms with E-state index >= 15 is 0 Å². The monoisotopic (exact) mass is 243 g/mol. The molecule has 0 amide bonds. The maximum absolute atomic E-state index is 12.1. The van der Waals surface area contributed by atoms with E-state index in [9.17, 15) is 4.79 Å². The van der Waals surface area contributed by atoms with Crippen molar-refractivity contribution in [3.63, 3.8) is 0 Å². The number of fused-ring (bicyclic) bond motifs is 1. The summed E-state index contributed by atoms with van der Waals surface area (Å²) in [6, 6.07) is 9.90. The van der Waals surface area contributed by atoms with Gasteiger partial charge >= 0.3 is 0 Å². The predicted octanol–water partition coefficient (Wildman–Crippen LogP) is 3.15. The Morgan fingerprint density at radius 3 is 3.00 bits per heavy atom. The first-order valence-corrected chi connectivity index (χ1v) is 6.58. The number of para-hydroxylation sites is 1. The lowest BCUT2D eigenvalue weighted by Crippen LogP contribution is -2.35. The van der Waals surface area contributed by atoms with Gasteiger partial charge in [-0.3, -0.25) is 4.79 Å². The first kappa shape index (κ1) is 11.5. The van der Waals surface area contributed by atoms with Crippen molar-refractivity contribution in [1.82, 2.24) is 5.32 Å². The molecule has 3 heteroatoms. The van der Waals surface area contributed by atoms with Gasteiger partial charge in [0.25, 0.3) is 0 Å². The Morgan fingerprint density at radius 1 is 1.33 bits per heavy atom. The topological polar surface area (TPSA) is 42.2 Å². The second kappa shape index (κ2) is 4.94. The fraction of sp³-hybridized carbons (Fsp3) is 0.400. The third-order valence-electron chi connectivity index (χ3n) is 3.54. The Bertz CT molecular complexity index is 519. The van der Waals surface area contributed by atoms with Crippen molar-refractivity contribution >= 4 is 16.8 Å². The molecular weight excluding hydrogens is 226 g/mol. The van der Waals surface area contributed by atoms with Crippen LogP contribution in [0.2, 0.25) is 0 Å². The Morgan fingerprint density at radius 2 is 2.22 bits per heavy atom. The normalized spacial score (nSPS) is 20.1. The minimum Gasteiger partial charge on any atom is -0.453 e. The summed E-state index contributed by atoms with van der Waals surface area (Å²) >= 11 is 0. The quantitative estimate of drug-likeness (QED) is 0.842. The van der Waals surface area contributed by atoms with Gasteiger partial charge in [0.2, 0.25) is 0 Å². The van der Waals surface area contributed by atoms with Crippen LogP contribution in [-0.2, 0) is 0 Å². The zero-order valence-corrected chi connectivity index (χ0v) is 10.3. The van der Waals surface area contributed by atoms with E-state index in [1.807, 2.05) is 30.3 Å². The number of ketones is 1. The largest absolute Gasteiger partial charge is 0.453 e. The van der Waals surface area contributed by atoms with Crippen LogP contribution in [0.5, 0.6) is 0 Å². The molecule has 3 rings (SSSR count). The number of hydrogen-bond donors (Lipinski definition) is 1. The molecular formula is C15H17NO2. The molecule has 1 aliphatic rings. The molecule has 94 valence electrons. The highest BCUT2D eigenvalue weighted by Gasteiger charge is 2.19. The molecule has 1 atom stereocenters. The van der Waals surface area contributed by atoms with E-state index < -0.39 is 0 Å². The van der Waals surface area contributed by atoms with Crippen LogP contribution < -0.4 is 5.32 Å². The minimum atomic E-state index is 0.102. The van der Waals surface area contributed by atoms with Gasteiger partial charge in [0.05, 0.1) is 0 Å². The van der Waals surface area contributed by atoms with Crippen LogP contribution in [0.25, 0.3) is 11.0 Å². The number of benzene rings is 1. The molecule has 18 heavy (non-hydrogen) atoms. The van der Waals surface area contributed by atoms with E-state index in [0.29, 0.717) is 18.2 Å². The van der Waals surface area contributed by atoms with Crippen LogP contribution in [0, 0.1) is 0 Å². The minimum absolute atomic E-state index is 0.102. The van der Waals surface area contributed by atoms with Crippen molar-refractivity contribution in [1.29, 1.82) is 0 Å². The number of furan rings is 1. The van der Waals surface area contributed by atoms with Crippen LogP contribution >= 0.6 is 0 Å². The first-order valence-electron chi connectivity index (χ1n) is 6.58. The number of piperidine rings is 1. The molecule has 0 bridgehead atoms. The molecule has 1 N–H and O–H groups in total. The lowest BCUT2D eigenvalue weighted by atomic mass is 9.99. The maximum atomic E-state index is 12.1. The highest BCUT2D eigenvalue weighted by Crippen LogP contribution is 2.21. The highest BCUT2D eigenvalue weighted by molar-refractivity contribution is 5.97. The summed E-state index contributed by atoms with van der Waals surface area (Å²) in [6.45, 7) is 1.03. The molecule has 0 radical (unpaired) electrons. The number of hydrogen-bond acceptors (Lipinski definition) is 3. The Hall–Kier alpha value is -1.61. The van der Waals surface area contributed by atoms with Gasteiger partial charge in [-0.2, -0.15) is 0 Å². The Labute approximate surface area is 106 Å². The van der Waals surface area contributed by atoms with E-state index in [4.69, 9.17) is 4.42 Å². The van der Waals surface area contributed by atoms with Gasteiger partial charge in [0.1, 0.15) is 5.58 Å². The van der Waals surface area contributed by atoms with Crippen molar-refractivity contribution in [2.24, 2.45) is 0 Å². The molecule has 0 saturated carbocycles. The lowest BCUT2D eigenvalue weighted by molar-refractivity contribution is 0.0938. The van der Waals surface area contributed by atoms with Crippen molar-refractivity contribution in [3.8, 4) is 0 Å². The van der Waals surface area contributed by atoms with Crippen molar-refractivity contribution in [2.45, 2.75) is 31.7 Å². The van der Waals surface area contributed by atoms with Gasteiger partial charge in [0, 0.05) is 17.8 Å². The van der Waals surface area contributed by atoms with Gasteiger partial charge in [-0.25, -0.2) is 0 Å². The predicted molar refractivity (Wildman–Crippen MR) is 70.8 cm³/mol. The third kappa shape index (κ3) is 2.31. The van der Waals surface area contributed by atoms with E-state index in [-0.39, 0.29) is 5.78 Å². The van der Waals surface area contributed by atoms with Crippen LogP contribution in [-0.4, -0.2) is 18.4 Å². The summed E-state index contributed by atoms with van der Waals surface area (Å²) in [5.74, 6) is 0.592. The molecule has 1 aromatic carbocycles. The average Bonchev–Trinajstić information content (AvgIpc) is 2.84. The van der Waals surface area contributed by atoms with Crippen LogP contribution in [0.15, 0.2) is 34.7 Å². The highest BCUT2D eigenvalue weighted by atomic mass is 16.3. The van der Waals surface area contributed by atoms with Crippen molar-refractivity contribution < 1.29 is 9.21 Å². The summed E-state index contributed by atoms with van der Waals surface area (Å²) in [4.78, 5) is 12.1. The molecule has 2 aromatic rings. The van der Waals surface area contributed by atoms with Gasteiger partial charge in [-0.15, -0.1) is 0 Å². The molecule has 2 heterocycles. The molecule has 3 nitrogen and oxygen atoms in total. The van der Waals surface area contributed by atoms with E-state index in [1.165, 1.54) is 12.8 Å². The lowest BCUT2D eigenvalue weighted by Gasteiger charge is -2.22. The number of rotatable bonds is 3. The standard InChI is InChI=1S/C15H17NO2/c17-13(10-12-6-3-4-8-16-12)15-9-11-5-1-2-7-14(11)18-15/h1-2,5,7,9,12,16H,3-4,6,8,10H2/t12-/m0/s1. The average molecular weight is 243 g/mol. The third-order valence-corrected chi connectivity index (χ3v) is 3.54. The smallest absolute Gasteiger partial charge is 0.199 e. The molecule has 1 fully saturated rings. The summed E-state index contributed by atoms with van der Waals surface area (Å²) in [6.07, 6.45) is 4.06. The maximum Gasteiger partial charge on any atom is 0.199 e. The fourth-order valence-electron chi connectivity index (χ4n) is 2.54. The number of carbonyl (C=O) groups is 1. The SMILES string of the molecule is O=C(C[C@@H]1CCCCN1)c1cc2ccccc2o1. The first-order chi connectivity index (χ1) is 8.83. The van der Waals surface area contributed by atoms with Gasteiger partial charge in [-0.05, 0) is 31.5 Å². The Kier molecular flexibility index (Phi) is 3.15. The van der Waals surface area contributed by atoms with Gasteiger partial charge in [0.15, 0.2) is 11.5 Å². The zero-order valence-electron chi connectivity index (χ0n) is 10.3. The van der Waals surface area contributed by atoms with Gasteiger partial charge in [-0.1, -0.05) is 24.6 Å². The van der Waals surface area contributed by atoms with E-state index in [1.54, 1.807) is 0 Å². The molecule has 0 unspecified atom stereocenters. The summed E-state index contributed by atoms with van der Waals surface area (Å²) in [5, 5.41) is 4.39. The second-order valence-corrected chi connectivity index (χ2v) is 4.92. The summed E-state index contributed by atoms with van der Waals surface area (Å²) < 4.78 is 5.59. The fourth-order valence-corrected chi connectivity index (χ4v) is 2.54. The summed E-state index contributed by atoms with van der Waals surface area (Å²) in [5.41, 5.74) is 0.789. The molecule has 1 aromatic heterocycles. The number of Topliss-reactive ketones (excluding diaryl/α,β-unsaturated/α-hetero) is 1.